The molecule has 1 aliphatic carbocycles. The quantitative estimate of drug-likeness (QED) is 0.772. The number of ether oxygens (including phenoxy) is 1. The number of hydrogen-bond acceptors (Lipinski definition) is 5. The fourth-order valence-electron chi connectivity index (χ4n) is 2.18. The highest BCUT2D eigenvalue weighted by atomic mass is 16.5. The summed E-state index contributed by atoms with van der Waals surface area (Å²) in [5, 5.41) is 12.1. The highest BCUT2D eigenvalue weighted by Crippen LogP contribution is 2.35. The molecule has 0 amide bonds. The second kappa shape index (κ2) is 5.90. The van der Waals surface area contributed by atoms with Crippen LogP contribution < -0.4 is 5.32 Å². The Morgan fingerprint density at radius 2 is 2.20 bits per heavy atom. The van der Waals surface area contributed by atoms with E-state index in [2.05, 4.69) is 15.0 Å². The first-order valence-corrected chi connectivity index (χ1v) is 6.55. The number of rotatable bonds is 6. The number of carbonyl (C=O) groups is 2. The summed E-state index contributed by atoms with van der Waals surface area (Å²) >= 11 is 0. The van der Waals surface area contributed by atoms with Crippen molar-refractivity contribution in [3.05, 3.63) is 23.4 Å². The monoisotopic (exact) mass is 278 g/mol. The lowest BCUT2D eigenvalue weighted by Crippen LogP contribution is -2.26. The summed E-state index contributed by atoms with van der Waals surface area (Å²) in [5.41, 5.74) is 0.978. The van der Waals surface area contributed by atoms with Gasteiger partial charge in [0.1, 0.15) is 5.82 Å². The Hall–Kier alpha value is -2.11. The zero-order valence-electron chi connectivity index (χ0n) is 11.5. The molecule has 1 unspecified atom stereocenters. The van der Waals surface area contributed by atoms with Gasteiger partial charge in [0, 0.05) is 6.04 Å². The summed E-state index contributed by atoms with van der Waals surface area (Å²) in [5.74, 6) is -0.259. The van der Waals surface area contributed by atoms with Crippen LogP contribution >= 0.6 is 0 Å². The third kappa shape index (κ3) is 3.46. The first-order valence-electron chi connectivity index (χ1n) is 6.55. The minimum Gasteiger partial charge on any atom is -0.481 e. The number of aromatic nitrogens is 1. The molecular weight excluding hydrogens is 260 g/mol. The van der Waals surface area contributed by atoms with Crippen LogP contribution in [0.2, 0.25) is 0 Å². The molecule has 1 saturated carbocycles. The average Bonchev–Trinajstić information content (AvgIpc) is 3.21. The zero-order chi connectivity index (χ0) is 14.7. The number of hydrogen-bond donors (Lipinski definition) is 2. The minimum atomic E-state index is -0.822. The number of carboxylic acid groups (broad SMARTS) is 1. The van der Waals surface area contributed by atoms with Crippen LogP contribution in [-0.2, 0) is 9.53 Å². The molecule has 2 rings (SSSR count). The average molecular weight is 278 g/mol. The van der Waals surface area contributed by atoms with Gasteiger partial charge in [-0.15, -0.1) is 0 Å². The van der Waals surface area contributed by atoms with E-state index in [0.717, 1.165) is 12.8 Å². The molecule has 20 heavy (non-hydrogen) atoms. The number of carboxylic acids is 1. The van der Waals surface area contributed by atoms with Gasteiger partial charge in [-0.05, 0) is 37.8 Å². The van der Waals surface area contributed by atoms with E-state index >= 15 is 0 Å². The zero-order valence-corrected chi connectivity index (χ0v) is 11.5. The number of aryl methyl sites for hydroxylation is 1. The number of aliphatic carboxylic acids is 1. The van der Waals surface area contributed by atoms with E-state index in [-0.39, 0.29) is 12.5 Å². The van der Waals surface area contributed by atoms with Crippen molar-refractivity contribution < 1.29 is 19.4 Å². The van der Waals surface area contributed by atoms with Crippen LogP contribution in [0.1, 0.15) is 35.3 Å². The third-order valence-corrected chi connectivity index (χ3v) is 3.41. The Kier molecular flexibility index (Phi) is 4.22. The van der Waals surface area contributed by atoms with Crippen LogP contribution in [0.4, 0.5) is 5.82 Å². The van der Waals surface area contributed by atoms with E-state index in [4.69, 9.17) is 5.11 Å². The predicted molar refractivity (Wildman–Crippen MR) is 72.7 cm³/mol. The van der Waals surface area contributed by atoms with Crippen molar-refractivity contribution in [3.63, 3.8) is 0 Å². The first kappa shape index (κ1) is 14.3. The summed E-state index contributed by atoms with van der Waals surface area (Å²) in [6.45, 7) is 1.72. The Morgan fingerprint density at radius 3 is 2.70 bits per heavy atom. The van der Waals surface area contributed by atoms with Crippen molar-refractivity contribution in [2.24, 2.45) is 5.92 Å². The van der Waals surface area contributed by atoms with E-state index in [1.54, 1.807) is 19.1 Å². The van der Waals surface area contributed by atoms with Gasteiger partial charge in [-0.25, -0.2) is 9.78 Å². The lowest BCUT2D eigenvalue weighted by molar-refractivity contribution is -0.137. The maximum Gasteiger partial charge on any atom is 0.339 e. The van der Waals surface area contributed by atoms with E-state index in [0.29, 0.717) is 23.0 Å². The standard InChI is InChI=1S/C14H18N2O4/c1-8-10(14(19)20-2)5-6-12(15-8)16-11(7-13(17)18)9-3-4-9/h5-6,9,11H,3-4,7H2,1-2H3,(H,15,16)(H,17,18). The van der Waals surface area contributed by atoms with Gasteiger partial charge in [-0.2, -0.15) is 0 Å². The van der Waals surface area contributed by atoms with E-state index in [1.807, 2.05) is 0 Å². The summed E-state index contributed by atoms with van der Waals surface area (Å²) < 4.78 is 4.66. The van der Waals surface area contributed by atoms with Crippen molar-refractivity contribution in [2.75, 3.05) is 12.4 Å². The Labute approximate surface area is 117 Å². The van der Waals surface area contributed by atoms with Gasteiger partial charge in [0.15, 0.2) is 0 Å². The predicted octanol–water partition coefficient (Wildman–Crippen LogP) is 1.84. The largest absolute Gasteiger partial charge is 0.481 e. The lowest BCUT2D eigenvalue weighted by Gasteiger charge is -2.17. The highest BCUT2D eigenvalue weighted by molar-refractivity contribution is 5.90. The number of esters is 1. The molecule has 0 aliphatic heterocycles. The molecule has 6 heteroatoms. The Morgan fingerprint density at radius 1 is 1.50 bits per heavy atom. The van der Waals surface area contributed by atoms with Crippen molar-refractivity contribution in [1.82, 2.24) is 4.98 Å². The Bertz CT molecular complexity index is 526. The molecule has 0 saturated heterocycles. The molecule has 0 radical (unpaired) electrons. The van der Waals surface area contributed by atoms with Gasteiger partial charge in [0.2, 0.25) is 0 Å². The van der Waals surface area contributed by atoms with Crippen LogP contribution in [0.15, 0.2) is 12.1 Å². The molecule has 1 atom stereocenters. The summed E-state index contributed by atoms with van der Waals surface area (Å²) in [6.07, 6.45) is 2.17. The molecule has 0 spiro atoms. The topological polar surface area (TPSA) is 88.5 Å². The SMILES string of the molecule is COC(=O)c1ccc(NC(CC(=O)O)C2CC2)nc1C. The Balaban J connectivity index is 2.10. The molecular formula is C14H18N2O4. The van der Waals surface area contributed by atoms with Crippen LogP contribution in [0.5, 0.6) is 0 Å². The fraction of sp³-hybridized carbons (Fsp3) is 0.500. The number of pyridine rings is 1. The van der Waals surface area contributed by atoms with E-state index in [9.17, 15) is 9.59 Å². The minimum absolute atomic E-state index is 0.0736. The van der Waals surface area contributed by atoms with Crippen LogP contribution in [0.3, 0.4) is 0 Å². The maximum atomic E-state index is 11.5. The normalized spacial score (nSPS) is 15.5. The molecule has 0 bridgehead atoms. The number of methoxy groups -OCH3 is 1. The van der Waals surface area contributed by atoms with Gasteiger partial charge in [0.05, 0.1) is 24.8 Å². The van der Waals surface area contributed by atoms with E-state index in [1.165, 1.54) is 7.11 Å². The first-order chi connectivity index (χ1) is 9.51. The number of carbonyl (C=O) groups excluding carboxylic acids is 1. The highest BCUT2D eigenvalue weighted by Gasteiger charge is 2.32. The molecule has 108 valence electrons. The summed E-state index contributed by atoms with van der Waals surface area (Å²) in [4.78, 5) is 26.6. The summed E-state index contributed by atoms with van der Waals surface area (Å²) in [6, 6.07) is 3.21. The molecule has 1 aliphatic rings. The van der Waals surface area contributed by atoms with Crippen molar-refractivity contribution in [2.45, 2.75) is 32.2 Å². The smallest absolute Gasteiger partial charge is 0.339 e. The van der Waals surface area contributed by atoms with Crippen molar-refractivity contribution >= 4 is 17.8 Å². The van der Waals surface area contributed by atoms with Crippen LogP contribution in [-0.4, -0.2) is 35.2 Å². The third-order valence-electron chi connectivity index (χ3n) is 3.41. The van der Waals surface area contributed by atoms with Gasteiger partial charge in [-0.1, -0.05) is 0 Å². The van der Waals surface area contributed by atoms with Gasteiger partial charge < -0.3 is 15.2 Å². The van der Waals surface area contributed by atoms with Gasteiger partial charge in [0.25, 0.3) is 0 Å². The molecule has 1 heterocycles. The van der Waals surface area contributed by atoms with Crippen molar-refractivity contribution in [1.29, 1.82) is 0 Å². The van der Waals surface area contributed by atoms with Crippen LogP contribution in [0.25, 0.3) is 0 Å². The van der Waals surface area contributed by atoms with E-state index < -0.39 is 11.9 Å². The maximum absolute atomic E-state index is 11.5. The molecule has 2 N–H and O–H groups in total. The molecule has 1 aromatic heterocycles. The molecule has 0 aromatic carbocycles. The lowest BCUT2D eigenvalue weighted by atomic mass is 10.1. The number of anilines is 1. The number of nitrogens with zero attached hydrogens (tertiary/aromatic N) is 1. The molecule has 1 fully saturated rings. The molecule has 1 aromatic rings. The number of nitrogens with one attached hydrogen (secondary N) is 1. The second-order valence-corrected chi connectivity index (χ2v) is 5.01. The molecule has 6 nitrogen and oxygen atoms in total. The van der Waals surface area contributed by atoms with Crippen molar-refractivity contribution in [3.8, 4) is 0 Å². The van der Waals surface area contributed by atoms with Gasteiger partial charge >= 0.3 is 11.9 Å². The van der Waals surface area contributed by atoms with Gasteiger partial charge in [-0.3, -0.25) is 4.79 Å². The van der Waals surface area contributed by atoms with Crippen LogP contribution in [0, 0.1) is 12.8 Å². The fourth-order valence-corrected chi connectivity index (χ4v) is 2.18. The summed E-state index contributed by atoms with van der Waals surface area (Å²) in [7, 11) is 1.32. The second-order valence-electron chi connectivity index (χ2n) is 5.01.